The molecule has 110 valence electrons. The normalized spacial score (nSPS) is 15.8. The van der Waals surface area contributed by atoms with E-state index in [0.717, 1.165) is 38.7 Å². The van der Waals surface area contributed by atoms with Crippen LogP contribution < -0.4 is 10.2 Å². The molecule has 0 amide bonds. The van der Waals surface area contributed by atoms with Gasteiger partial charge in [0, 0.05) is 37.5 Å². The lowest BCUT2D eigenvalue weighted by atomic mass is 10.1. The van der Waals surface area contributed by atoms with Gasteiger partial charge in [-0.15, -0.1) is 0 Å². The first-order valence-corrected chi connectivity index (χ1v) is 6.97. The zero-order valence-corrected chi connectivity index (χ0v) is 11.5. The van der Waals surface area contributed by atoms with Crippen LogP contribution in [0.25, 0.3) is 11.3 Å². The second kappa shape index (κ2) is 6.13. The molecule has 2 aromatic rings. The van der Waals surface area contributed by atoms with Crippen molar-refractivity contribution in [2.45, 2.75) is 6.42 Å². The highest BCUT2D eigenvalue weighted by atomic mass is 19.1. The van der Waals surface area contributed by atoms with Crippen LogP contribution in [0.5, 0.6) is 0 Å². The van der Waals surface area contributed by atoms with Gasteiger partial charge in [0.1, 0.15) is 11.6 Å². The Hall–Kier alpha value is -2.08. The third-order valence-corrected chi connectivity index (χ3v) is 3.42. The predicted octanol–water partition coefficient (Wildman–Crippen LogP) is 2.22. The highest BCUT2D eigenvalue weighted by Gasteiger charge is 2.13. The highest BCUT2D eigenvalue weighted by molar-refractivity contribution is 5.60. The van der Waals surface area contributed by atoms with Crippen molar-refractivity contribution in [2.75, 3.05) is 31.1 Å². The zero-order valence-electron chi connectivity index (χ0n) is 11.5. The molecule has 0 spiro atoms. The molecule has 2 heterocycles. The maximum atomic E-state index is 13.3. The molecule has 1 saturated heterocycles. The standard InChI is InChI=1S/C15H16F2N4/c16-12-8-11(9-13(17)10-12)14-2-4-19-15(20-14)21-6-1-3-18-5-7-21/h2,4,8-10,18H,1,3,5-7H2. The maximum absolute atomic E-state index is 13.3. The third-order valence-electron chi connectivity index (χ3n) is 3.42. The van der Waals surface area contributed by atoms with Crippen molar-refractivity contribution in [1.82, 2.24) is 15.3 Å². The molecule has 1 aliphatic heterocycles. The van der Waals surface area contributed by atoms with Crippen molar-refractivity contribution < 1.29 is 8.78 Å². The quantitative estimate of drug-likeness (QED) is 0.921. The van der Waals surface area contributed by atoms with E-state index in [0.29, 0.717) is 17.2 Å². The lowest BCUT2D eigenvalue weighted by molar-refractivity contribution is 0.584. The molecule has 3 rings (SSSR count). The van der Waals surface area contributed by atoms with Gasteiger partial charge in [-0.2, -0.15) is 0 Å². The van der Waals surface area contributed by atoms with Gasteiger partial charge in [-0.25, -0.2) is 18.7 Å². The molecular weight excluding hydrogens is 274 g/mol. The van der Waals surface area contributed by atoms with Crippen LogP contribution in [0.3, 0.4) is 0 Å². The van der Waals surface area contributed by atoms with Gasteiger partial charge in [0.15, 0.2) is 0 Å². The monoisotopic (exact) mass is 290 g/mol. The first kappa shape index (κ1) is 13.9. The van der Waals surface area contributed by atoms with E-state index in [9.17, 15) is 8.78 Å². The van der Waals surface area contributed by atoms with Crippen LogP contribution in [-0.2, 0) is 0 Å². The summed E-state index contributed by atoms with van der Waals surface area (Å²) in [6.07, 6.45) is 2.64. The van der Waals surface area contributed by atoms with E-state index in [-0.39, 0.29) is 0 Å². The molecule has 21 heavy (non-hydrogen) atoms. The summed E-state index contributed by atoms with van der Waals surface area (Å²) in [6, 6.07) is 5.07. The molecule has 1 aliphatic rings. The summed E-state index contributed by atoms with van der Waals surface area (Å²) >= 11 is 0. The first-order valence-electron chi connectivity index (χ1n) is 6.97. The van der Waals surface area contributed by atoms with Gasteiger partial charge in [-0.1, -0.05) is 0 Å². The molecule has 1 aromatic heterocycles. The number of hydrogen-bond donors (Lipinski definition) is 1. The Balaban J connectivity index is 1.91. The molecule has 1 N–H and O–H groups in total. The van der Waals surface area contributed by atoms with Crippen LogP contribution in [0.1, 0.15) is 6.42 Å². The fourth-order valence-corrected chi connectivity index (χ4v) is 2.41. The Morgan fingerprint density at radius 3 is 2.67 bits per heavy atom. The molecule has 4 nitrogen and oxygen atoms in total. The Labute approximate surface area is 121 Å². The zero-order chi connectivity index (χ0) is 14.7. The lowest BCUT2D eigenvalue weighted by Gasteiger charge is -2.20. The summed E-state index contributed by atoms with van der Waals surface area (Å²) in [5.74, 6) is -0.617. The second-order valence-corrected chi connectivity index (χ2v) is 4.99. The van der Waals surface area contributed by atoms with E-state index < -0.39 is 11.6 Å². The molecule has 0 radical (unpaired) electrons. The summed E-state index contributed by atoms with van der Waals surface area (Å²) in [6.45, 7) is 3.54. The largest absolute Gasteiger partial charge is 0.339 e. The highest BCUT2D eigenvalue weighted by Crippen LogP contribution is 2.21. The lowest BCUT2D eigenvalue weighted by Crippen LogP contribution is -2.29. The van der Waals surface area contributed by atoms with E-state index in [4.69, 9.17) is 0 Å². The summed E-state index contributed by atoms with van der Waals surface area (Å²) in [5, 5.41) is 3.31. The van der Waals surface area contributed by atoms with Gasteiger partial charge >= 0.3 is 0 Å². The van der Waals surface area contributed by atoms with Gasteiger partial charge in [0.05, 0.1) is 5.69 Å². The molecule has 0 saturated carbocycles. The minimum Gasteiger partial charge on any atom is -0.339 e. The molecule has 0 atom stereocenters. The van der Waals surface area contributed by atoms with Gasteiger partial charge in [-0.3, -0.25) is 0 Å². The van der Waals surface area contributed by atoms with Crippen LogP contribution in [0.15, 0.2) is 30.5 Å². The van der Waals surface area contributed by atoms with Gasteiger partial charge in [0.25, 0.3) is 0 Å². The smallest absolute Gasteiger partial charge is 0.225 e. The van der Waals surface area contributed by atoms with Crippen LogP contribution in [0, 0.1) is 11.6 Å². The Kier molecular flexibility index (Phi) is 4.06. The Morgan fingerprint density at radius 2 is 1.86 bits per heavy atom. The minimum atomic E-state index is -0.607. The van der Waals surface area contributed by atoms with Crippen LogP contribution >= 0.6 is 0 Å². The number of hydrogen-bond acceptors (Lipinski definition) is 4. The van der Waals surface area contributed by atoms with E-state index in [1.165, 1.54) is 12.1 Å². The van der Waals surface area contributed by atoms with Crippen LogP contribution in [0.4, 0.5) is 14.7 Å². The van der Waals surface area contributed by atoms with Crippen molar-refractivity contribution in [1.29, 1.82) is 0 Å². The number of halogens is 2. The van der Waals surface area contributed by atoms with Gasteiger partial charge in [-0.05, 0) is 31.2 Å². The third kappa shape index (κ3) is 3.33. The Bertz CT molecular complexity index is 605. The average Bonchev–Trinajstić information content (AvgIpc) is 2.75. The number of nitrogens with one attached hydrogen (secondary N) is 1. The SMILES string of the molecule is Fc1cc(F)cc(-c2ccnc(N3CCCNCC3)n2)c1. The van der Waals surface area contributed by atoms with E-state index in [1.807, 2.05) is 0 Å². The molecule has 6 heteroatoms. The van der Waals surface area contributed by atoms with Crippen LogP contribution in [-0.4, -0.2) is 36.1 Å². The second-order valence-electron chi connectivity index (χ2n) is 4.99. The molecular formula is C15H16F2N4. The van der Waals surface area contributed by atoms with Crippen molar-refractivity contribution in [2.24, 2.45) is 0 Å². The topological polar surface area (TPSA) is 41.1 Å². The number of nitrogens with zero attached hydrogens (tertiary/aromatic N) is 3. The van der Waals surface area contributed by atoms with E-state index in [2.05, 4.69) is 20.2 Å². The minimum absolute atomic E-state index is 0.420. The number of anilines is 1. The molecule has 0 unspecified atom stereocenters. The molecule has 1 fully saturated rings. The molecule has 0 bridgehead atoms. The van der Waals surface area contributed by atoms with Crippen LogP contribution in [0.2, 0.25) is 0 Å². The summed E-state index contributed by atoms with van der Waals surface area (Å²) in [5.41, 5.74) is 0.944. The number of rotatable bonds is 2. The maximum Gasteiger partial charge on any atom is 0.225 e. The summed E-state index contributed by atoms with van der Waals surface area (Å²) in [4.78, 5) is 10.8. The summed E-state index contributed by atoms with van der Waals surface area (Å²) < 4.78 is 26.6. The van der Waals surface area contributed by atoms with Crippen molar-refractivity contribution >= 4 is 5.95 Å². The fraction of sp³-hybridized carbons (Fsp3) is 0.333. The van der Waals surface area contributed by atoms with E-state index >= 15 is 0 Å². The number of benzene rings is 1. The van der Waals surface area contributed by atoms with Crippen molar-refractivity contribution in [3.05, 3.63) is 42.1 Å². The predicted molar refractivity (Wildman–Crippen MR) is 77.1 cm³/mol. The molecule has 0 aliphatic carbocycles. The summed E-state index contributed by atoms with van der Waals surface area (Å²) in [7, 11) is 0. The van der Waals surface area contributed by atoms with E-state index in [1.54, 1.807) is 12.3 Å². The van der Waals surface area contributed by atoms with Gasteiger partial charge < -0.3 is 10.2 Å². The van der Waals surface area contributed by atoms with Crippen molar-refractivity contribution in [3.8, 4) is 11.3 Å². The number of aromatic nitrogens is 2. The first-order chi connectivity index (χ1) is 10.2. The average molecular weight is 290 g/mol. The molecule has 1 aromatic carbocycles. The van der Waals surface area contributed by atoms with Crippen molar-refractivity contribution in [3.63, 3.8) is 0 Å². The van der Waals surface area contributed by atoms with Gasteiger partial charge in [0.2, 0.25) is 5.95 Å². The fourth-order valence-electron chi connectivity index (χ4n) is 2.41. The Morgan fingerprint density at radius 1 is 1.05 bits per heavy atom.